The summed E-state index contributed by atoms with van der Waals surface area (Å²) in [7, 11) is -0.575. The molecule has 2 bridgehead atoms. The normalized spacial score (nSPS) is 21.3. The van der Waals surface area contributed by atoms with Crippen molar-refractivity contribution in [1.29, 1.82) is 0 Å². The van der Waals surface area contributed by atoms with E-state index in [0.717, 1.165) is 11.1 Å². The Bertz CT molecular complexity index is 789. The molecule has 2 heterocycles. The number of ether oxygens (including phenoxy) is 3. The molecule has 0 amide bonds. The average Bonchev–Trinajstić information content (AvgIpc) is 3.14. The van der Waals surface area contributed by atoms with Gasteiger partial charge in [0.05, 0.1) is 41.5 Å². The van der Waals surface area contributed by atoms with Gasteiger partial charge in [0.2, 0.25) is 0 Å². The van der Waals surface area contributed by atoms with Crippen LogP contribution in [0.3, 0.4) is 0 Å². The first-order chi connectivity index (χ1) is 12.4. The maximum absolute atomic E-state index is 12.4. The Hall–Kier alpha value is -1.71. The quantitative estimate of drug-likeness (QED) is 0.570. The second-order valence-corrected chi connectivity index (χ2v) is 19.3. The lowest BCUT2D eigenvalue weighted by atomic mass is 9.86. The van der Waals surface area contributed by atoms with Gasteiger partial charge >= 0.3 is 11.9 Å². The zero-order chi connectivity index (χ0) is 20.3. The summed E-state index contributed by atoms with van der Waals surface area (Å²) in [6.45, 7) is 14.0. The third-order valence-corrected chi connectivity index (χ3v) is 9.61. The van der Waals surface area contributed by atoms with E-state index in [9.17, 15) is 9.59 Å². The summed E-state index contributed by atoms with van der Waals surface area (Å²) >= 11 is 0. The van der Waals surface area contributed by atoms with Crippen LogP contribution in [0.1, 0.15) is 23.3 Å². The minimum atomic E-state index is -1.61. The summed E-state index contributed by atoms with van der Waals surface area (Å²) in [5.74, 6) is -1.06. The zero-order valence-electron chi connectivity index (χ0n) is 17.4. The van der Waals surface area contributed by atoms with Crippen LogP contribution in [0, 0.1) is 0 Å². The second-order valence-electron chi connectivity index (χ2n) is 9.23. The molecule has 5 nitrogen and oxygen atoms in total. The molecule has 2 unspecified atom stereocenters. The highest BCUT2D eigenvalue weighted by molar-refractivity contribution is 6.98. The van der Waals surface area contributed by atoms with Crippen LogP contribution >= 0.6 is 0 Å². The lowest BCUT2D eigenvalue weighted by molar-refractivity contribution is -0.139. The van der Waals surface area contributed by atoms with Gasteiger partial charge in [0.25, 0.3) is 0 Å². The maximum Gasteiger partial charge on any atom is 0.337 e. The summed E-state index contributed by atoms with van der Waals surface area (Å²) in [4.78, 5) is 24.8. The third kappa shape index (κ3) is 3.11. The molecule has 3 rings (SSSR count). The van der Waals surface area contributed by atoms with E-state index in [1.807, 2.05) is 0 Å². The average molecular weight is 405 g/mol. The summed E-state index contributed by atoms with van der Waals surface area (Å²) < 4.78 is 16.0. The number of hydrogen-bond acceptors (Lipinski definition) is 5. The van der Waals surface area contributed by atoms with Crippen LogP contribution in [-0.2, 0) is 23.8 Å². The van der Waals surface area contributed by atoms with Gasteiger partial charge in [0.15, 0.2) is 0 Å². The van der Waals surface area contributed by atoms with Crippen LogP contribution in [-0.4, -0.2) is 42.3 Å². The summed E-state index contributed by atoms with van der Waals surface area (Å²) in [6.07, 6.45) is -1.12. The van der Waals surface area contributed by atoms with Gasteiger partial charge in [0, 0.05) is 0 Å². The van der Waals surface area contributed by atoms with Crippen molar-refractivity contribution >= 4 is 38.5 Å². The van der Waals surface area contributed by atoms with E-state index in [4.69, 9.17) is 14.2 Å². The number of fused-ring (bicyclic) bond motifs is 5. The van der Waals surface area contributed by atoms with E-state index >= 15 is 0 Å². The van der Waals surface area contributed by atoms with Crippen molar-refractivity contribution < 1.29 is 23.8 Å². The molecule has 0 fully saturated rings. The molecule has 2 atom stereocenters. The largest absolute Gasteiger partial charge is 0.466 e. The first kappa shape index (κ1) is 20.0. The Labute approximate surface area is 162 Å². The lowest BCUT2D eigenvalue weighted by Gasteiger charge is -2.30. The van der Waals surface area contributed by atoms with Crippen LogP contribution < -0.4 is 10.4 Å². The Balaban J connectivity index is 2.26. The molecule has 0 radical (unpaired) electrons. The summed E-state index contributed by atoms with van der Waals surface area (Å²) in [5.41, 5.74) is 2.55. The Kier molecular flexibility index (Phi) is 4.77. The predicted molar refractivity (Wildman–Crippen MR) is 110 cm³/mol. The fourth-order valence-electron chi connectivity index (χ4n) is 3.99. The van der Waals surface area contributed by atoms with E-state index in [1.54, 1.807) is 0 Å². The van der Waals surface area contributed by atoms with Crippen molar-refractivity contribution in [3.05, 3.63) is 34.4 Å². The van der Waals surface area contributed by atoms with Gasteiger partial charge in [-0.25, -0.2) is 9.59 Å². The molecule has 1 aromatic carbocycles. The molecule has 0 saturated carbocycles. The predicted octanol–water partition coefficient (Wildman–Crippen LogP) is 2.55. The highest BCUT2D eigenvalue weighted by Gasteiger charge is 2.51. The van der Waals surface area contributed by atoms with Crippen molar-refractivity contribution in [2.45, 2.75) is 51.5 Å². The Morgan fingerprint density at radius 2 is 1.11 bits per heavy atom. The van der Waals surface area contributed by atoms with Crippen LogP contribution in [0.15, 0.2) is 23.3 Å². The van der Waals surface area contributed by atoms with Gasteiger partial charge in [-0.15, -0.1) is 0 Å². The van der Waals surface area contributed by atoms with Crippen molar-refractivity contribution in [1.82, 2.24) is 0 Å². The molecule has 146 valence electrons. The molecule has 7 heteroatoms. The molecular formula is C20H28O5Si2. The highest BCUT2D eigenvalue weighted by Crippen LogP contribution is 2.54. The van der Waals surface area contributed by atoms with Crippen LogP contribution in [0.2, 0.25) is 39.3 Å². The van der Waals surface area contributed by atoms with E-state index in [-0.39, 0.29) is 11.1 Å². The number of rotatable bonds is 4. The standard InChI is InChI=1S/C20H28O5Si2/c1-23-19(21)15-16(20(22)24-2)18-12-10-14(27(6,7)8)13(26(3,4)5)9-11(12)17(15)25-18/h9-10,17-18H,1-8H3. The number of carbonyl (C=O) groups is 2. The van der Waals surface area contributed by atoms with Crippen LogP contribution in [0.25, 0.3) is 0 Å². The van der Waals surface area contributed by atoms with E-state index in [2.05, 4.69) is 51.4 Å². The van der Waals surface area contributed by atoms with Gasteiger partial charge < -0.3 is 14.2 Å². The summed E-state index contributed by atoms with van der Waals surface area (Å²) in [5, 5.41) is 2.83. The van der Waals surface area contributed by atoms with Crippen molar-refractivity contribution in [2.24, 2.45) is 0 Å². The zero-order valence-corrected chi connectivity index (χ0v) is 19.4. The molecule has 1 aromatic rings. The van der Waals surface area contributed by atoms with Crippen LogP contribution in [0.5, 0.6) is 0 Å². The minimum Gasteiger partial charge on any atom is -0.466 e. The van der Waals surface area contributed by atoms with Crippen molar-refractivity contribution in [3.8, 4) is 0 Å². The number of esters is 2. The van der Waals surface area contributed by atoms with Gasteiger partial charge in [-0.3, -0.25) is 0 Å². The topological polar surface area (TPSA) is 61.8 Å². The van der Waals surface area contributed by atoms with Gasteiger partial charge in [0.1, 0.15) is 12.2 Å². The lowest BCUT2D eigenvalue weighted by Crippen LogP contribution is -2.56. The fourth-order valence-corrected chi connectivity index (χ4v) is 9.18. The number of hydrogen-bond donors (Lipinski definition) is 0. The van der Waals surface area contributed by atoms with Gasteiger partial charge in [-0.2, -0.15) is 0 Å². The minimum absolute atomic E-state index is 0.282. The van der Waals surface area contributed by atoms with Crippen LogP contribution in [0.4, 0.5) is 0 Å². The third-order valence-electron chi connectivity index (χ3n) is 5.30. The fraction of sp³-hybridized carbons (Fsp3) is 0.500. The molecule has 0 aliphatic carbocycles. The summed E-state index contributed by atoms with van der Waals surface area (Å²) in [6, 6.07) is 4.47. The molecule has 0 saturated heterocycles. The van der Waals surface area contributed by atoms with Crippen molar-refractivity contribution in [2.75, 3.05) is 14.2 Å². The highest BCUT2D eigenvalue weighted by atomic mass is 28.3. The Morgan fingerprint density at radius 3 is 1.37 bits per heavy atom. The van der Waals surface area contributed by atoms with E-state index < -0.39 is 40.3 Å². The van der Waals surface area contributed by atoms with E-state index in [1.165, 1.54) is 24.6 Å². The second kappa shape index (κ2) is 6.43. The smallest absolute Gasteiger partial charge is 0.337 e. The molecule has 2 aliphatic heterocycles. The maximum atomic E-state index is 12.4. The Morgan fingerprint density at radius 1 is 0.778 bits per heavy atom. The molecule has 0 aromatic heterocycles. The molecule has 27 heavy (non-hydrogen) atoms. The number of methoxy groups -OCH3 is 2. The number of carbonyl (C=O) groups excluding carboxylic acids is 2. The molecule has 2 aliphatic rings. The first-order valence-corrected chi connectivity index (χ1v) is 16.2. The number of benzene rings is 1. The monoisotopic (exact) mass is 404 g/mol. The molecule has 0 spiro atoms. The van der Waals surface area contributed by atoms with Crippen molar-refractivity contribution in [3.63, 3.8) is 0 Å². The molecular weight excluding hydrogens is 376 g/mol. The first-order valence-electron chi connectivity index (χ1n) is 9.16. The SMILES string of the molecule is COC(=O)C1=C(C(=O)OC)C2OC1c1cc([Si](C)(C)C)c([Si](C)(C)C)cc12. The van der Waals surface area contributed by atoms with E-state index in [0.29, 0.717) is 0 Å². The van der Waals surface area contributed by atoms with Gasteiger partial charge in [-0.1, -0.05) is 61.8 Å². The van der Waals surface area contributed by atoms with Gasteiger partial charge in [-0.05, 0) is 11.1 Å². The molecule has 0 N–H and O–H groups in total.